The molecule has 0 aliphatic carbocycles. The molecule has 0 fully saturated rings. The van der Waals surface area contributed by atoms with Crippen molar-refractivity contribution in [3.63, 3.8) is 0 Å². The van der Waals surface area contributed by atoms with Gasteiger partial charge in [-0.25, -0.2) is 4.39 Å². The summed E-state index contributed by atoms with van der Waals surface area (Å²) in [4.78, 5) is 0. The van der Waals surface area contributed by atoms with Crippen molar-refractivity contribution < 1.29 is 9.50 Å². The summed E-state index contributed by atoms with van der Waals surface area (Å²) in [5.74, 6) is 4.96. The Labute approximate surface area is 105 Å². The first kappa shape index (κ1) is 12.3. The van der Waals surface area contributed by atoms with Gasteiger partial charge in [0.2, 0.25) is 0 Å². The quantitative estimate of drug-likeness (QED) is 0.817. The highest BCUT2D eigenvalue weighted by atomic mass is 19.1. The van der Waals surface area contributed by atoms with Crippen molar-refractivity contribution in [2.45, 2.75) is 13.5 Å². The van der Waals surface area contributed by atoms with Crippen molar-refractivity contribution >= 4 is 0 Å². The molecule has 0 unspecified atom stereocenters. The normalized spacial score (nSPS) is 9.94. The second-order valence-corrected chi connectivity index (χ2v) is 3.89. The zero-order valence-corrected chi connectivity index (χ0v) is 10.0. The van der Waals surface area contributed by atoms with Crippen molar-refractivity contribution in [3.05, 3.63) is 53.1 Å². The summed E-state index contributed by atoms with van der Waals surface area (Å²) in [6, 6.07) is 6.37. The number of aryl methyl sites for hydroxylation is 1. The van der Waals surface area contributed by atoms with Crippen LogP contribution in [0.2, 0.25) is 0 Å². The number of benzene rings is 1. The summed E-state index contributed by atoms with van der Waals surface area (Å²) in [5.41, 5.74) is 2.49. The van der Waals surface area contributed by atoms with Gasteiger partial charge in [-0.2, -0.15) is 5.10 Å². The lowest BCUT2D eigenvalue weighted by Crippen LogP contribution is -2.05. The fourth-order valence-corrected chi connectivity index (χ4v) is 1.66. The molecule has 0 amide bonds. The molecule has 0 radical (unpaired) electrons. The van der Waals surface area contributed by atoms with Crippen LogP contribution in [0.5, 0.6) is 0 Å². The average Bonchev–Trinajstić information content (AvgIpc) is 2.75. The van der Waals surface area contributed by atoms with Crippen LogP contribution in [0, 0.1) is 24.6 Å². The Bertz CT molecular complexity index is 608. The monoisotopic (exact) mass is 244 g/mol. The zero-order valence-electron chi connectivity index (χ0n) is 10.0. The Kier molecular flexibility index (Phi) is 3.75. The van der Waals surface area contributed by atoms with Crippen LogP contribution < -0.4 is 0 Å². The number of nitrogens with zero attached hydrogens (tertiary/aromatic N) is 2. The van der Waals surface area contributed by atoms with Crippen molar-refractivity contribution in [1.82, 2.24) is 9.78 Å². The lowest BCUT2D eigenvalue weighted by Gasteiger charge is -2.07. The number of halogens is 1. The Hall–Kier alpha value is -2.12. The minimum absolute atomic E-state index is 0.239. The Morgan fingerprint density at radius 2 is 2.22 bits per heavy atom. The minimum atomic E-state index is -0.335. The van der Waals surface area contributed by atoms with Crippen molar-refractivity contribution in [2.24, 2.45) is 0 Å². The summed E-state index contributed by atoms with van der Waals surface area (Å²) < 4.78 is 15.0. The minimum Gasteiger partial charge on any atom is -0.384 e. The average molecular weight is 244 g/mol. The summed E-state index contributed by atoms with van der Waals surface area (Å²) in [5, 5.41) is 12.9. The van der Waals surface area contributed by atoms with Crippen LogP contribution in [-0.2, 0) is 6.54 Å². The molecule has 0 saturated heterocycles. The SMILES string of the molecule is Cc1ccnn1Cc1ccc(F)cc1C#CCO. The van der Waals surface area contributed by atoms with E-state index in [1.165, 1.54) is 12.1 Å². The van der Waals surface area contributed by atoms with E-state index in [0.29, 0.717) is 12.1 Å². The lowest BCUT2D eigenvalue weighted by atomic mass is 10.1. The molecule has 1 heterocycles. The van der Waals surface area contributed by atoms with E-state index in [1.807, 2.05) is 17.7 Å². The molecule has 0 spiro atoms. The van der Waals surface area contributed by atoms with E-state index in [2.05, 4.69) is 16.9 Å². The summed E-state index contributed by atoms with van der Waals surface area (Å²) >= 11 is 0. The standard InChI is InChI=1S/C14H13FN2O/c1-11-6-7-16-17(11)10-13-4-5-14(15)9-12(13)3-2-8-18/h4-7,9,18H,8,10H2,1H3. The molecule has 92 valence electrons. The molecule has 1 aromatic carbocycles. The van der Waals surface area contributed by atoms with Gasteiger partial charge in [0.15, 0.2) is 0 Å². The van der Waals surface area contributed by atoms with Gasteiger partial charge in [-0.3, -0.25) is 4.68 Å². The molecular formula is C14H13FN2O. The third-order valence-electron chi connectivity index (χ3n) is 2.62. The third-order valence-corrected chi connectivity index (χ3v) is 2.62. The van der Waals surface area contributed by atoms with E-state index in [9.17, 15) is 4.39 Å². The van der Waals surface area contributed by atoms with Gasteiger partial charge >= 0.3 is 0 Å². The zero-order chi connectivity index (χ0) is 13.0. The van der Waals surface area contributed by atoms with Crippen LogP contribution in [0.25, 0.3) is 0 Å². The van der Waals surface area contributed by atoms with Crippen molar-refractivity contribution in [1.29, 1.82) is 0 Å². The van der Waals surface area contributed by atoms with Gasteiger partial charge < -0.3 is 5.11 Å². The van der Waals surface area contributed by atoms with Crippen LogP contribution in [0.15, 0.2) is 30.5 Å². The van der Waals surface area contributed by atoms with E-state index < -0.39 is 0 Å². The summed E-state index contributed by atoms with van der Waals surface area (Å²) in [6.07, 6.45) is 1.72. The first-order valence-corrected chi connectivity index (χ1v) is 5.57. The molecule has 1 N–H and O–H groups in total. The number of hydrogen-bond acceptors (Lipinski definition) is 2. The van der Waals surface area contributed by atoms with Crippen LogP contribution >= 0.6 is 0 Å². The largest absolute Gasteiger partial charge is 0.384 e. The topological polar surface area (TPSA) is 38.0 Å². The van der Waals surface area contributed by atoms with E-state index in [0.717, 1.165) is 11.3 Å². The van der Waals surface area contributed by atoms with E-state index in [-0.39, 0.29) is 12.4 Å². The van der Waals surface area contributed by atoms with Crippen molar-refractivity contribution in [2.75, 3.05) is 6.61 Å². The highest BCUT2D eigenvalue weighted by molar-refractivity contribution is 5.42. The molecule has 0 bridgehead atoms. The fourth-order valence-electron chi connectivity index (χ4n) is 1.66. The third kappa shape index (κ3) is 2.76. The van der Waals surface area contributed by atoms with Crippen LogP contribution in [0.1, 0.15) is 16.8 Å². The Morgan fingerprint density at radius 3 is 2.89 bits per heavy atom. The lowest BCUT2D eigenvalue weighted by molar-refractivity contribution is 0.350. The smallest absolute Gasteiger partial charge is 0.124 e. The molecule has 1 aromatic heterocycles. The summed E-state index contributed by atoms with van der Waals surface area (Å²) in [7, 11) is 0. The highest BCUT2D eigenvalue weighted by Gasteiger charge is 2.05. The van der Waals surface area contributed by atoms with Gasteiger partial charge in [0, 0.05) is 17.5 Å². The van der Waals surface area contributed by atoms with E-state index in [1.54, 1.807) is 12.3 Å². The van der Waals surface area contributed by atoms with Crippen molar-refractivity contribution in [3.8, 4) is 11.8 Å². The molecule has 18 heavy (non-hydrogen) atoms. The maximum Gasteiger partial charge on any atom is 0.124 e. The van der Waals surface area contributed by atoms with Crippen LogP contribution in [0.3, 0.4) is 0 Å². The number of rotatable bonds is 2. The number of aromatic nitrogens is 2. The van der Waals surface area contributed by atoms with Gasteiger partial charge in [-0.15, -0.1) is 0 Å². The molecule has 4 heteroatoms. The predicted molar refractivity (Wildman–Crippen MR) is 66.4 cm³/mol. The Balaban J connectivity index is 2.35. The molecule has 0 aliphatic heterocycles. The second-order valence-electron chi connectivity index (χ2n) is 3.89. The molecule has 0 aliphatic rings. The maximum atomic E-state index is 13.2. The Morgan fingerprint density at radius 1 is 1.39 bits per heavy atom. The number of hydrogen-bond donors (Lipinski definition) is 1. The maximum absolute atomic E-state index is 13.2. The first-order valence-electron chi connectivity index (χ1n) is 5.57. The van der Waals surface area contributed by atoms with Gasteiger partial charge in [-0.1, -0.05) is 17.9 Å². The molecule has 0 atom stereocenters. The van der Waals surface area contributed by atoms with Gasteiger partial charge in [0.25, 0.3) is 0 Å². The predicted octanol–water partition coefficient (Wildman–Crippen LogP) is 1.72. The second kappa shape index (κ2) is 5.48. The first-order chi connectivity index (χ1) is 8.70. The molecular weight excluding hydrogens is 231 g/mol. The highest BCUT2D eigenvalue weighted by Crippen LogP contribution is 2.12. The molecule has 2 rings (SSSR count). The van der Waals surface area contributed by atoms with Crippen LogP contribution in [0.4, 0.5) is 4.39 Å². The van der Waals surface area contributed by atoms with Crippen LogP contribution in [-0.4, -0.2) is 21.5 Å². The molecule has 2 aromatic rings. The molecule has 3 nitrogen and oxygen atoms in total. The van der Waals surface area contributed by atoms with E-state index >= 15 is 0 Å². The number of aliphatic hydroxyl groups excluding tert-OH is 1. The fraction of sp³-hybridized carbons (Fsp3) is 0.214. The van der Waals surface area contributed by atoms with Gasteiger partial charge in [-0.05, 0) is 30.7 Å². The molecule has 0 saturated carbocycles. The summed E-state index contributed by atoms with van der Waals surface area (Å²) in [6.45, 7) is 2.25. The van der Waals surface area contributed by atoms with Gasteiger partial charge in [0.1, 0.15) is 12.4 Å². The van der Waals surface area contributed by atoms with Gasteiger partial charge in [0.05, 0.1) is 6.54 Å². The van der Waals surface area contributed by atoms with E-state index in [4.69, 9.17) is 5.11 Å². The number of aliphatic hydroxyl groups is 1.